The van der Waals surface area contributed by atoms with E-state index in [1.165, 1.54) is 63.1 Å². The molecule has 0 radical (unpaired) electrons. The average Bonchev–Trinajstić information content (AvgIpc) is 3.45. The van der Waals surface area contributed by atoms with Crippen LogP contribution in [0.15, 0.2) is 42.5 Å². The first kappa shape index (κ1) is 18.1. The van der Waals surface area contributed by atoms with Crippen molar-refractivity contribution >= 4 is 23.0 Å². The molecule has 4 aliphatic rings. The van der Waals surface area contributed by atoms with Gasteiger partial charge in [0.15, 0.2) is 0 Å². The fourth-order valence-electron chi connectivity index (χ4n) is 6.19. The molecule has 3 aliphatic heterocycles. The molecular weight excluding hydrogens is 378 g/mol. The van der Waals surface area contributed by atoms with Crippen LogP contribution in [0.1, 0.15) is 42.7 Å². The normalized spacial score (nSPS) is 26.6. The summed E-state index contributed by atoms with van der Waals surface area (Å²) in [6.07, 6.45) is 6.27. The molecule has 1 saturated heterocycles. The number of fused-ring (bicyclic) bond motifs is 3. The van der Waals surface area contributed by atoms with E-state index in [1.54, 1.807) is 11.3 Å². The zero-order valence-corrected chi connectivity index (χ0v) is 18.0. The van der Waals surface area contributed by atoms with Gasteiger partial charge < -0.3 is 14.7 Å². The van der Waals surface area contributed by atoms with Gasteiger partial charge in [-0.3, -0.25) is 0 Å². The summed E-state index contributed by atoms with van der Waals surface area (Å²) >= 11 is 6.34. The molecule has 0 N–H and O–H groups in total. The number of aryl methyl sites for hydroxylation is 1. The minimum Gasteiger partial charge on any atom is -0.365 e. The smallest absolute Gasteiger partial charge is 0.0644 e. The molecule has 2 aromatic rings. The standard InChI is InChI=1S/C25H30ClN3/c1-27-23-10-4-8-19-20-16-28(14-5-7-18-6-2-3-9-21(18)26)15-11-22(20)29(24(19)23)17-25(27)12-13-25/h2-4,6,8-10,20,22H,5,7,11-17H2,1H3/t20-,22-/m0/s1. The van der Waals surface area contributed by atoms with Crippen LogP contribution in [0.2, 0.25) is 5.02 Å². The van der Waals surface area contributed by atoms with Crippen molar-refractivity contribution in [3.63, 3.8) is 0 Å². The van der Waals surface area contributed by atoms with E-state index >= 15 is 0 Å². The third-order valence-corrected chi connectivity index (χ3v) is 8.41. The van der Waals surface area contributed by atoms with Crippen molar-refractivity contribution in [3.8, 4) is 0 Å². The number of likely N-dealkylation sites (N-methyl/N-ethyl adjacent to an activating group) is 1. The summed E-state index contributed by atoms with van der Waals surface area (Å²) in [7, 11) is 2.32. The van der Waals surface area contributed by atoms with E-state index in [0.29, 0.717) is 17.5 Å². The molecule has 0 bridgehead atoms. The first-order valence-corrected chi connectivity index (χ1v) is 11.6. The molecule has 3 heterocycles. The number of anilines is 2. The summed E-state index contributed by atoms with van der Waals surface area (Å²) in [5.41, 5.74) is 6.35. The van der Waals surface area contributed by atoms with Gasteiger partial charge in [0.05, 0.1) is 16.9 Å². The first-order chi connectivity index (χ1) is 14.2. The fourth-order valence-corrected chi connectivity index (χ4v) is 6.42. The highest BCUT2D eigenvalue weighted by Gasteiger charge is 2.56. The highest BCUT2D eigenvalue weighted by molar-refractivity contribution is 6.31. The van der Waals surface area contributed by atoms with Crippen LogP contribution in [-0.2, 0) is 6.42 Å². The van der Waals surface area contributed by atoms with Gasteiger partial charge in [-0.25, -0.2) is 0 Å². The number of nitrogens with zero attached hydrogens (tertiary/aromatic N) is 3. The second-order valence-corrected chi connectivity index (χ2v) is 9.99. The Labute approximate surface area is 179 Å². The van der Waals surface area contributed by atoms with Gasteiger partial charge in [0.25, 0.3) is 0 Å². The quantitative estimate of drug-likeness (QED) is 0.711. The van der Waals surface area contributed by atoms with Crippen LogP contribution in [-0.4, -0.2) is 49.7 Å². The molecule has 152 valence electrons. The number of rotatable bonds is 4. The lowest BCUT2D eigenvalue weighted by Crippen LogP contribution is -2.54. The van der Waals surface area contributed by atoms with Gasteiger partial charge >= 0.3 is 0 Å². The third kappa shape index (κ3) is 2.81. The Bertz CT molecular complexity index is 937. The lowest BCUT2D eigenvalue weighted by Gasteiger charge is -2.46. The van der Waals surface area contributed by atoms with Crippen molar-refractivity contribution < 1.29 is 0 Å². The van der Waals surface area contributed by atoms with E-state index in [1.807, 2.05) is 12.1 Å². The molecule has 2 atom stereocenters. The third-order valence-electron chi connectivity index (χ3n) is 8.04. The Hall–Kier alpha value is -1.71. The molecule has 1 saturated carbocycles. The minimum atomic E-state index is 0.423. The number of likely N-dealkylation sites (tertiary alicyclic amines) is 1. The van der Waals surface area contributed by atoms with Crippen LogP contribution in [0.25, 0.3) is 0 Å². The maximum Gasteiger partial charge on any atom is 0.0644 e. The van der Waals surface area contributed by atoms with Crippen LogP contribution in [0.4, 0.5) is 11.4 Å². The maximum absolute atomic E-state index is 6.34. The van der Waals surface area contributed by atoms with E-state index < -0.39 is 0 Å². The topological polar surface area (TPSA) is 9.72 Å². The molecule has 29 heavy (non-hydrogen) atoms. The predicted molar refractivity (Wildman–Crippen MR) is 122 cm³/mol. The van der Waals surface area contributed by atoms with Crippen LogP contribution >= 0.6 is 11.6 Å². The van der Waals surface area contributed by atoms with Crippen molar-refractivity contribution in [2.24, 2.45) is 0 Å². The SMILES string of the molecule is CN1c2cccc3c2N(CC12CC2)[C@H]1CCN(CCCc2ccccc2Cl)C[C@@H]31. The molecule has 0 aromatic heterocycles. The zero-order chi connectivity index (χ0) is 19.6. The van der Waals surface area contributed by atoms with Gasteiger partial charge in [-0.05, 0) is 61.9 Å². The predicted octanol–water partition coefficient (Wildman–Crippen LogP) is 4.93. The lowest BCUT2D eigenvalue weighted by atomic mass is 9.89. The van der Waals surface area contributed by atoms with Gasteiger partial charge in [0.2, 0.25) is 0 Å². The molecule has 6 rings (SSSR count). The van der Waals surface area contributed by atoms with Crippen LogP contribution in [0, 0.1) is 0 Å². The minimum absolute atomic E-state index is 0.423. The molecule has 3 nitrogen and oxygen atoms in total. The molecule has 2 aromatic carbocycles. The van der Waals surface area contributed by atoms with Crippen molar-refractivity contribution in [2.45, 2.75) is 49.6 Å². The summed E-state index contributed by atoms with van der Waals surface area (Å²) in [5, 5.41) is 0.913. The second-order valence-electron chi connectivity index (χ2n) is 9.58. The second kappa shape index (κ2) is 6.65. The van der Waals surface area contributed by atoms with E-state index in [2.05, 4.69) is 52.1 Å². The number of hydrogen-bond donors (Lipinski definition) is 0. The number of para-hydroxylation sites is 1. The maximum atomic E-state index is 6.34. The van der Waals surface area contributed by atoms with E-state index in [9.17, 15) is 0 Å². The van der Waals surface area contributed by atoms with Gasteiger partial charge in [-0.2, -0.15) is 0 Å². The van der Waals surface area contributed by atoms with Crippen LogP contribution < -0.4 is 9.80 Å². The number of hydrogen-bond acceptors (Lipinski definition) is 3. The first-order valence-electron chi connectivity index (χ1n) is 11.3. The molecular formula is C25H30ClN3. The van der Waals surface area contributed by atoms with Gasteiger partial charge in [0.1, 0.15) is 0 Å². The Balaban J connectivity index is 1.18. The summed E-state index contributed by atoms with van der Waals surface area (Å²) in [6, 6.07) is 16.0. The molecule has 1 spiro atoms. The van der Waals surface area contributed by atoms with Gasteiger partial charge in [-0.1, -0.05) is 41.9 Å². The van der Waals surface area contributed by atoms with Crippen molar-refractivity contribution in [1.82, 2.24) is 4.90 Å². The van der Waals surface area contributed by atoms with Gasteiger partial charge in [-0.15, -0.1) is 0 Å². The fraction of sp³-hybridized carbons (Fsp3) is 0.520. The summed E-state index contributed by atoms with van der Waals surface area (Å²) in [6.45, 7) is 4.84. The van der Waals surface area contributed by atoms with Crippen LogP contribution in [0.3, 0.4) is 0 Å². The highest BCUT2D eigenvalue weighted by atomic mass is 35.5. The molecule has 1 aliphatic carbocycles. The summed E-state index contributed by atoms with van der Waals surface area (Å²) < 4.78 is 0. The van der Waals surface area contributed by atoms with Crippen molar-refractivity contribution in [1.29, 1.82) is 0 Å². The number of piperidine rings is 1. The Kier molecular flexibility index (Phi) is 4.15. The van der Waals surface area contributed by atoms with E-state index in [-0.39, 0.29) is 0 Å². The highest BCUT2D eigenvalue weighted by Crippen LogP contribution is 2.57. The lowest BCUT2D eigenvalue weighted by molar-refractivity contribution is 0.190. The Morgan fingerprint density at radius 3 is 2.79 bits per heavy atom. The molecule has 4 heteroatoms. The van der Waals surface area contributed by atoms with Crippen LogP contribution in [0.5, 0.6) is 0 Å². The average molecular weight is 408 g/mol. The molecule has 0 amide bonds. The van der Waals surface area contributed by atoms with E-state index in [4.69, 9.17) is 11.6 Å². The monoisotopic (exact) mass is 407 g/mol. The molecule has 0 unspecified atom stereocenters. The number of benzene rings is 2. The summed E-state index contributed by atoms with van der Waals surface area (Å²) in [5.74, 6) is 0.668. The van der Waals surface area contributed by atoms with Crippen molar-refractivity contribution in [3.05, 3.63) is 58.6 Å². The summed E-state index contributed by atoms with van der Waals surface area (Å²) in [4.78, 5) is 8.11. The Morgan fingerprint density at radius 2 is 1.97 bits per heavy atom. The number of halogens is 1. The molecule has 2 fully saturated rings. The zero-order valence-electron chi connectivity index (χ0n) is 17.3. The Morgan fingerprint density at radius 1 is 1.10 bits per heavy atom. The van der Waals surface area contributed by atoms with E-state index in [0.717, 1.165) is 11.4 Å². The van der Waals surface area contributed by atoms with Gasteiger partial charge in [0, 0.05) is 43.7 Å². The van der Waals surface area contributed by atoms with Crippen molar-refractivity contribution in [2.75, 3.05) is 43.0 Å². The largest absolute Gasteiger partial charge is 0.365 e.